The number of hydrogen-bond acceptors (Lipinski definition) is 3. The molecule has 0 spiro atoms. The predicted molar refractivity (Wildman–Crippen MR) is 66.6 cm³/mol. The molecule has 0 radical (unpaired) electrons. The zero-order valence-electron chi connectivity index (χ0n) is 9.89. The summed E-state index contributed by atoms with van der Waals surface area (Å²) in [6.45, 7) is 2.53. The molecule has 1 fully saturated rings. The molecule has 1 N–H and O–H groups in total. The first kappa shape index (κ1) is 11.6. The van der Waals surface area contributed by atoms with Crippen LogP contribution in [0.4, 0.5) is 5.69 Å². The fraction of sp³-hybridized carbons (Fsp3) is 0.385. The van der Waals surface area contributed by atoms with Gasteiger partial charge in [0.1, 0.15) is 0 Å². The summed E-state index contributed by atoms with van der Waals surface area (Å²) in [6.07, 6.45) is 2.69. The summed E-state index contributed by atoms with van der Waals surface area (Å²) < 4.78 is 0. The number of hydrogen-bond donors (Lipinski definition) is 1. The molecule has 17 heavy (non-hydrogen) atoms. The predicted octanol–water partition coefficient (Wildman–Crippen LogP) is 2.40. The van der Waals surface area contributed by atoms with Crippen LogP contribution in [-0.4, -0.2) is 23.4 Å². The van der Waals surface area contributed by atoms with Crippen LogP contribution in [0, 0.1) is 0 Å². The largest absolute Gasteiger partial charge is 0.411 e. The Bertz CT molecular complexity index is 437. The van der Waals surface area contributed by atoms with E-state index in [1.807, 2.05) is 29.2 Å². The minimum Gasteiger partial charge on any atom is -0.411 e. The van der Waals surface area contributed by atoms with Gasteiger partial charge in [-0.3, -0.25) is 4.79 Å². The van der Waals surface area contributed by atoms with Crippen LogP contribution in [0.3, 0.4) is 0 Å². The highest BCUT2D eigenvalue weighted by Gasteiger charge is 2.19. The van der Waals surface area contributed by atoms with Crippen LogP contribution in [0.1, 0.15) is 31.7 Å². The van der Waals surface area contributed by atoms with Crippen molar-refractivity contribution in [3.8, 4) is 0 Å². The average molecular weight is 232 g/mol. The molecule has 0 saturated carbocycles. The summed E-state index contributed by atoms with van der Waals surface area (Å²) in [6, 6.07) is 7.53. The number of amides is 1. The molecule has 1 saturated heterocycles. The van der Waals surface area contributed by atoms with Crippen LogP contribution in [0.15, 0.2) is 29.4 Å². The van der Waals surface area contributed by atoms with E-state index in [0.29, 0.717) is 12.1 Å². The Morgan fingerprint density at radius 3 is 2.59 bits per heavy atom. The average Bonchev–Trinajstić information content (AvgIpc) is 2.39. The Hall–Kier alpha value is -1.84. The molecule has 0 bridgehead atoms. The number of oxime groups is 1. The van der Waals surface area contributed by atoms with E-state index in [2.05, 4.69) is 5.16 Å². The summed E-state index contributed by atoms with van der Waals surface area (Å²) >= 11 is 0. The van der Waals surface area contributed by atoms with Gasteiger partial charge in [-0.2, -0.15) is 0 Å². The van der Waals surface area contributed by atoms with E-state index in [9.17, 15) is 4.79 Å². The SMILES string of the molecule is CC(=NO)c1ccc(N2CCCCC2=O)cc1. The Labute approximate surface area is 101 Å². The van der Waals surface area contributed by atoms with Crippen molar-refractivity contribution in [1.82, 2.24) is 0 Å². The minimum absolute atomic E-state index is 0.191. The lowest BCUT2D eigenvalue weighted by molar-refractivity contribution is -0.119. The Morgan fingerprint density at radius 2 is 2.00 bits per heavy atom. The molecule has 1 aromatic carbocycles. The van der Waals surface area contributed by atoms with Crippen LogP contribution in [0.5, 0.6) is 0 Å². The van der Waals surface area contributed by atoms with E-state index in [-0.39, 0.29) is 5.91 Å². The number of benzene rings is 1. The monoisotopic (exact) mass is 232 g/mol. The summed E-state index contributed by atoms with van der Waals surface area (Å²) in [7, 11) is 0. The first-order valence-corrected chi connectivity index (χ1v) is 5.82. The van der Waals surface area contributed by atoms with E-state index < -0.39 is 0 Å². The zero-order valence-corrected chi connectivity index (χ0v) is 9.89. The maximum atomic E-state index is 11.7. The summed E-state index contributed by atoms with van der Waals surface area (Å²) in [5.41, 5.74) is 2.35. The van der Waals surface area contributed by atoms with Gasteiger partial charge in [-0.25, -0.2) is 0 Å². The molecule has 1 heterocycles. The lowest BCUT2D eigenvalue weighted by Crippen LogP contribution is -2.35. The molecule has 90 valence electrons. The van der Waals surface area contributed by atoms with Crippen molar-refractivity contribution in [2.24, 2.45) is 5.16 Å². The van der Waals surface area contributed by atoms with Gasteiger partial charge in [0.2, 0.25) is 5.91 Å². The molecule has 1 amide bonds. The van der Waals surface area contributed by atoms with Crippen molar-refractivity contribution in [3.05, 3.63) is 29.8 Å². The number of carbonyl (C=O) groups excluding carboxylic acids is 1. The minimum atomic E-state index is 0.191. The van der Waals surface area contributed by atoms with Gasteiger partial charge in [0.25, 0.3) is 0 Å². The molecule has 4 nitrogen and oxygen atoms in total. The Kier molecular flexibility index (Phi) is 3.42. The number of carbonyl (C=O) groups is 1. The number of anilines is 1. The lowest BCUT2D eigenvalue weighted by Gasteiger charge is -2.26. The Balaban J connectivity index is 2.20. The highest BCUT2D eigenvalue weighted by Crippen LogP contribution is 2.21. The second kappa shape index (κ2) is 4.99. The third-order valence-electron chi connectivity index (χ3n) is 3.07. The third kappa shape index (κ3) is 2.46. The molecule has 1 aliphatic heterocycles. The molecule has 0 aliphatic carbocycles. The molecule has 0 atom stereocenters. The smallest absolute Gasteiger partial charge is 0.226 e. The molecular weight excluding hydrogens is 216 g/mol. The Morgan fingerprint density at radius 1 is 1.29 bits per heavy atom. The van der Waals surface area contributed by atoms with Gasteiger partial charge < -0.3 is 10.1 Å². The van der Waals surface area contributed by atoms with Gasteiger partial charge in [-0.05, 0) is 37.5 Å². The molecule has 1 aliphatic rings. The standard InChI is InChI=1S/C13H16N2O2/c1-10(14-17)11-5-7-12(8-6-11)15-9-3-2-4-13(15)16/h5-8,17H,2-4,9H2,1H3. The molecule has 0 aromatic heterocycles. The summed E-state index contributed by atoms with van der Waals surface area (Å²) in [5.74, 6) is 0.191. The molecule has 2 rings (SSSR count). The molecule has 0 unspecified atom stereocenters. The first-order chi connectivity index (χ1) is 8.22. The van der Waals surface area contributed by atoms with E-state index >= 15 is 0 Å². The summed E-state index contributed by atoms with van der Waals surface area (Å²) in [5, 5.41) is 11.8. The van der Waals surface area contributed by atoms with Crippen molar-refractivity contribution < 1.29 is 10.0 Å². The highest BCUT2D eigenvalue weighted by molar-refractivity contribution is 5.99. The van der Waals surface area contributed by atoms with Gasteiger partial charge in [0, 0.05) is 18.7 Å². The fourth-order valence-electron chi connectivity index (χ4n) is 2.02. The van der Waals surface area contributed by atoms with E-state index in [0.717, 1.165) is 30.6 Å². The van der Waals surface area contributed by atoms with Crippen LogP contribution in [0.25, 0.3) is 0 Å². The maximum absolute atomic E-state index is 11.7. The first-order valence-electron chi connectivity index (χ1n) is 5.82. The van der Waals surface area contributed by atoms with Crippen molar-refractivity contribution in [3.63, 3.8) is 0 Å². The van der Waals surface area contributed by atoms with Crippen molar-refractivity contribution in [2.45, 2.75) is 26.2 Å². The number of rotatable bonds is 2. The van der Waals surface area contributed by atoms with Crippen molar-refractivity contribution in [1.29, 1.82) is 0 Å². The van der Waals surface area contributed by atoms with Crippen molar-refractivity contribution >= 4 is 17.3 Å². The normalized spacial score (nSPS) is 17.4. The topological polar surface area (TPSA) is 52.9 Å². The quantitative estimate of drug-likeness (QED) is 0.483. The van der Waals surface area contributed by atoms with Gasteiger partial charge in [0.05, 0.1) is 5.71 Å². The van der Waals surface area contributed by atoms with Crippen LogP contribution in [0.2, 0.25) is 0 Å². The number of nitrogens with zero attached hydrogens (tertiary/aromatic N) is 2. The highest BCUT2D eigenvalue weighted by atomic mass is 16.4. The second-order valence-corrected chi connectivity index (χ2v) is 4.23. The second-order valence-electron chi connectivity index (χ2n) is 4.23. The lowest BCUT2D eigenvalue weighted by atomic mass is 10.1. The molecule has 4 heteroatoms. The van der Waals surface area contributed by atoms with Gasteiger partial charge >= 0.3 is 0 Å². The van der Waals surface area contributed by atoms with E-state index in [1.165, 1.54) is 0 Å². The van der Waals surface area contributed by atoms with Gasteiger partial charge in [-0.15, -0.1) is 0 Å². The fourth-order valence-corrected chi connectivity index (χ4v) is 2.02. The summed E-state index contributed by atoms with van der Waals surface area (Å²) in [4.78, 5) is 13.6. The number of piperidine rings is 1. The maximum Gasteiger partial charge on any atom is 0.226 e. The van der Waals surface area contributed by atoms with Crippen LogP contribution < -0.4 is 4.90 Å². The van der Waals surface area contributed by atoms with Crippen LogP contribution >= 0.6 is 0 Å². The zero-order chi connectivity index (χ0) is 12.3. The van der Waals surface area contributed by atoms with Gasteiger partial charge in [-0.1, -0.05) is 17.3 Å². The third-order valence-corrected chi connectivity index (χ3v) is 3.07. The van der Waals surface area contributed by atoms with Crippen molar-refractivity contribution in [2.75, 3.05) is 11.4 Å². The van der Waals surface area contributed by atoms with Gasteiger partial charge in [0.15, 0.2) is 0 Å². The van der Waals surface area contributed by atoms with E-state index in [4.69, 9.17) is 5.21 Å². The van der Waals surface area contributed by atoms with Crippen LogP contribution in [-0.2, 0) is 4.79 Å². The molecule has 1 aromatic rings. The molecular formula is C13H16N2O2. The van der Waals surface area contributed by atoms with E-state index in [1.54, 1.807) is 6.92 Å².